The lowest BCUT2D eigenvalue weighted by molar-refractivity contribution is -0.138. The number of piperidine rings is 2. The molecule has 7 heteroatoms. The number of amides is 1. The Morgan fingerprint density at radius 3 is 2.60 bits per heavy atom. The van der Waals surface area contributed by atoms with Gasteiger partial charge in [0.15, 0.2) is 11.6 Å². The molecule has 2 fully saturated rings. The molecule has 0 saturated carbocycles. The van der Waals surface area contributed by atoms with Gasteiger partial charge >= 0.3 is 0 Å². The van der Waals surface area contributed by atoms with E-state index in [1.807, 2.05) is 4.90 Å². The van der Waals surface area contributed by atoms with Gasteiger partial charge in [-0.25, -0.2) is 8.78 Å². The Kier molecular flexibility index (Phi) is 7.02. The van der Waals surface area contributed by atoms with Crippen LogP contribution in [0.3, 0.4) is 0 Å². The molecule has 2 heterocycles. The predicted octanol–water partition coefficient (Wildman–Crippen LogP) is 3.14. The Labute approximate surface area is 153 Å². The summed E-state index contributed by atoms with van der Waals surface area (Å²) < 4.78 is 32.2. The van der Waals surface area contributed by atoms with E-state index in [2.05, 4.69) is 12.2 Å². The SMILES string of the molecule is C[C@H]1C[C@@H](C(=O)N2CCC(Oc3ccc(F)cc3F)CC2)CCN1.Cl. The Morgan fingerprint density at radius 1 is 1.24 bits per heavy atom. The van der Waals surface area contributed by atoms with Crippen molar-refractivity contribution in [1.29, 1.82) is 0 Å². The van der Waals surface area contributed by atoms with E-state index in [1.54, 1.807) is 0 Å². The van der Waals surface area contributed by atoms with Crippen molar-refractivity contribution in [2.45, 2.75) is 44.8 Å². The lowest BCUT2D eigenvalue weighted by Gasteiger charge is -2.36. The van der Waals surface area contributed by atoms with Crippen LogP contribution in [0.2, 0.25) is 0 Å². The lowest BCUT2D eigenvalue weighted by Crippen LogP contribution is -2.48. The highest BCUT2D eigenvalue weighted by Gasteiger charge is 2.31. The molecule has 0 aromatic heterocycles. The second-order valence-corrected chi connectivity index (χ2v) is 6.79. The molecule has 1 N–H and O–H groups in total. The topological polar surface area (TPSA) is 41.6 Å². The van der Waals surface area contributed by atoms with Crippen LogP contribution in [0.25, 0.3) is 0 Å². The quantitative estimate of drug-likeness (QED) is 0.883. The second kappa shape index (κ2) is 8.81. The van der Waals surface area contributed by atoms with Crippen LogP contribution in [-0.4, -0.2) is 42.6 Å². The van der Waals surface area contributed by atoms with Gasteiger partial charge in [-0.1, -0.05) is 0 Å². The van der Waals surface area contributed by atoms with Crippen LogP contribution in [-0.2, 0) is 4.79 Å². The molecule has 2 saturated heterocycles. The maximum Gasteiger partial charge on any atom is 0.225 e. The number of nitrogens with zero attached hydrogens (tertiary/aromatic N) is 1. The summed E-state index contributed by atoms with van der Waals surface area (Å²) in [5.41, 5.74) is 0. The van der Waals surface area contributed by atoms with Gasteiger partial charge in [0.05, 0.1) is 0 Å². The van der Waals surface area contributed by atoms with Crippen molar-refractivity contribution in [3.63, 3.8) is 0 Å². The number of halogens is 3. The monoisotopic (exact) mass is 374 g/mol. The molecule has 0 aliphatic carbocycles. The van der Waals surface area contributed by atoms with Crippen molar-refractivity contribution < 1.29 is 18.3 Å². The largest absolute Gasteiger partial charge is 0.487 e. The number of nitrogens with one attached hydrogen (secondary N) is 1. The Hall–Kier alpha value is -1.40. The molecule has 1 aromatic carbocycles. The van der Waals surface area contributed by atoms with Crippen molar-refractivity contribution in [2.24, 2.45) is 5.92 Å². The summed E-state index contributed by atoms with van der Waals surface area (Å²) in [7, 11) is 0. The first kappa shape index (κ1) is 19.9. The van der Waals surface area contributed by atoms with Gasteiger partial charge in [-0.15, -0.1) is 12.4 Å². The molecule has 1 amide bonds. The third-order valence-electron chi connectivity index (χ3n) is 4.91. The van der Waals surface area contributed by atoms with E-state index < -0.39 is 11.6 Å². The van der Waals surface area contributed by atoms with Gasteiger partial charge in [0.2, 0.25) is 5.91 Å². The summed E-state index contributed by atoms with van der Waals surface area (Å²) in [5.74, 6) is -0.884. The molecule has 140 valence electrons. The van der Waals surface area contributed by atoms with Crippen LogP contribution in [0.4, 0.5) is 8.78 Å². The average Bonchev–Trinajstić information content (AvgIpc) is 2.57. The first-order valence-corrected chi connectivity index (χ1v) is 8.67. The van der Waals surface area contributed by atoms with Crippen LogP contribution >= 0.6 is 12.4 Å². The van der Waals surface area contributed by atoms with E-state index in [0.29, 0.717) is 32.0 Å². The molecule has 2 atom stereocenters. The minimum Gasteiger partial charge on any atom is -0.487 e. The number of rotatable bonds is 3. The summed E-state index contributed by atoms with van der Waals surface area (Å²) >= 11 is 0. The zero-order chi connectivity index (χ0) is 17.1. The third kappa shape index (κ3) is 5.05. The summed E-state index contributed by atoms with van der Waals surface area (Å²) in [6.45, 7) is 4.26. The summed E-state index contributed by atoms with van der Waals surface area (Å²) in [4.78, 5) is 14.5. The molecular formula is C18H25ClF2N2O2. The normalized spacial score (nSPS) is 24.5. The van der Waals surface area contributed by atoms with Crippen molar-refractivity contribution in [3.8, 4) is 5.75 Å². The molecule has 0 radical (unpaired) electrons. The molecule has 1 aromatic rings. The summed E-state index contributed by atoms with van der Waals surface area (Å²) in [6, 6.07) is 3.72. The Bertz CT molecular complexity index is 594. The highest BCUT2D eigenvalue weighted by Crippen LogP contribution is 2.25. The molecule has 0 spiro atoms. The maximum atomic E-state index is 13.7. The minimum atomic E-state index is -0.683. The molecule has 25 heavy (non-hydrogen) atoms. The average molecular weight is 375 g/mol. The smallest absolute Gasteiger partial charge is 0.225 e. The maximum absolute atomic E-state index is 13.7. The lowest BCUT2D eigenvalue weighted by atomic mass is 9.91. The van der Waals surface area contributed by atoms with Crippen LogP contribution in [0, 0.1) is 17.6 Å². The number of hydrogen-bond donors (Lipinski definition) is 1. The molecule has 2 aliphatic heterocycles. The molecule has 2 aliphatic rings. The number of benzene rings is 1. The minimum absolute atomic E-state index is 0. The van der Waals surface area contributed by atoms with Gasteiger partial charge in [0, 0.05) is 44.0 Å². The third-order valence-corrected chi connectivity index (χ3v) is 4.91. The number of hydrogen-bond acceptors (Lipinski definition) is 3. The number of carbonyl (C=O) groups excluding carboxylic acids is 1. The molecular weight excluding hydrogens is 350 g/mol. The van der Waals surface area contributed by atoms with Crippen molar-refractivity contribution >= 4 is 18.3 Å². The number of carbonyl (C=O) groups is 1. The van der Waals surface area contributed by atoms with E-state index in [9.17, 15) is 13.6 Å². The van der Waals surface area contributed by atoms with Crippen molar-refractivity contribution in [1.82, 2.24) is 10.2 Å². The van der Waals surface area contributed by atoms with Gasteiger partial charge in [-0.2, -0.15) is 0 Å². The molecule has 0 bridgehead atoms. The van der Waals surface area contributed by atoms with E-state index in [4.69, 9.17) is 4.74 Å². The van der Waals surface area contributed by atoms with Gasteiger partial charge in [0.1, 0.15) is 11.9 Å². The standard InChI is InChI=1S/C18H24F2N2O2.ClH/c1-12-10-13(4-7-21-12)18(23)22-8-5-15(6-9-22)24-17-3-2-14(19)11-16(17)20;/h2-3,11-13,15,21H,4-10H2,1H3;1H/t12-,13-;/m0./s1. The van der Waals surface area contributed by atoms with Crippen LogP contribution < -0.4 is 10.1 Å². The summed E-state index contributed by atoms with van der Waals surface area (Å²) in [5, 5.41) is 3.36. The predicted molar refractivity (Wildman–Crippen MR) is 94.0 cm³/mol. The van der Waals surface area contributed by atoms with E-state index >= 15 is 0 Å². The van der Waals surface area contributed by atoms with Crippen molar-refractivity contribution in [2.75, 3.05) is 19.6 Å². The first-order chi connectivity index (χ1) is 11.5. The Balaban J connectivity index is 0.00000225. The van der Waals surface area contributed by atoms with E-state index in [1.165, 1.54) is 12.1 Å². The molecule has 3 rings (SSSR count). The van der Waals surface area contributed by atoms with Gasteiger partial charge in [0.25, 0.3) is 0 Å². The van der Waals surface area contributed by atoms with Gasteiger partial charge in [-0.05, 0) is 38.4 Å². The van der Waals surface area contributed by atoms with Gasteiger partial charge < -0.3 is 15.0 Å². The highest BCUT2D eigenvalue weighted by atomic mass is 35.5. The fourth-order valence-corrected chi connectivity index (χ4v) is 3.56. The highest BCUT2D eigenvalue weighted by molar-refractivity contribution is 5.85. The molecule has 0 unspecified atom stereocenters. The van der Waals surface area contributed by atoms with Gasteiger partial charge in [-0.3, -0.25) is 4.79 Å². The fourth-order valence-electron chi connectivity index (χ4n) is 3.56. The zero-order valence-electron chi connectivity index (χ0n) is 14.3. The van der Waals surface area contributed by atoms with Crippen LogP contribution in [0.5, 0.6) is 5.75 Å². The summed E-state index contributed by atoms with van der Waals surface area (Å²) in [6.07, 6.45) is 2.98. The fraction of sp³-hybridized carbons (Fsp3) is 0.611. The van der Waals surface area contributed by atoms with E-state index in [-0.39, 0.29) is 36.1 Å². The van der Waals surface area contributed by atoms with Crippen LogP contribution in [0.1, 0.15) is 32.6 Å². The zero-order valence-corrected chi connectivity index (χ0v) is 15.2. The van der Waals surface area contributed by atoms with Crippen molar-refractivity contribution in [3.05, 3.63) is 29.8 Å². The second-order valence-electron chi connectivity index (χ2n) is 6.79. The number of ether oxygens (including phenoxy) is 1. The Morgan fingerprint density at radius 2 is 1.96 bits per heavy atom. The molecule has 4 nitrogen and oxygen atoms in total. The number of likely N-dealkylation sites (tertiary alicyclic amines) is 1. The first-order valence-electron chi connectivity index (χ1n) is 8.67. The van der Waals surface area contributed by atoms with Crippen LogP contribution in [0.15, 0.2) is 18.2 Å². The van der Waals surface area contributed by atoms with E-state index in [0.717, 1.165) is 25.5 Å².